The van der Waals surface area contributed by atoms with Gasteiger partial charge in [-0.15, -0.1) is 0 Å². The van der Waals surface area contributed by atoms with Crippen LogP contribution in [0.4, 0.5) is 0 Å². The number of rotatable bonds is 4. The first kappa shape index (κ1) is 13.1. The Morgan fingerprint density at radius 2 is 1.67 bits per heavy atom. The minimum absolute atomic E-state index is 0.799. The van der Waals surface area contributed by atoms with Crippen LogP contribution in [0.15, 0.2) is 42.5 Å². The molecule has 2 aromatic rings. The van der Waals surface area contributed by atoms with Crippen LogP contribution in [0.5, 0.6) is 0 Å². The van der Waals surface area contributed by atoms with Crippen molar-refractivity contribution in [3.05, 3.63) is 69.7 Å². The monoisotopic (exact) mass is 259 g/mol. The van der Waals surface area contributed by atoms with E-state index in [0.717, 1.165) is 23.7 Å². The van der Waals surface area contributed by atoms with Crippen LogP contribution in [0.25, 0.3) is 0 Å². The molecule has 0 bridgehead atoms. The zero-order valence-electron chi connectivity index (χ0n) is 10.8. The van der Waals surface area contributed by atoms with Crippen molar-refractivity contribution in [3.63, 3.8) is 0 Å². The van der Waals surface area contributed by atoms with E-state index in [4.69, 9.17) is 11.6 Å². The Bertz CT molecular complexity index is 534. The molecule has 0 heterocycles. The first-order valence-corrected chi connectivity index (χ1v) is 6.55. The molecule has 0 fully saturated rings. The smallest absolute Gasteiger partial charge is 0.0450 e. The fraction of sp³-hybridized carbons (Fsp3) is 0.250. The topological polar surface area (TPSA) is 12.0 Å². The molecule has 0 spiro atoms. The average molecular weight is 260 g/mol. The van der Waals surface area contributed by atoms with Crippen LogP contribution in [0, 0.1) is 13.8 Å². The molecule has 0 atom stereocenters. The van der Waals surface area contributed by atoms with Crippen molar-refractivity contribution in [1.82, 2.24) is 5.32 Å². The van der Waals surface area contributed by atoms with Gasteiger partial charge in [-0.25, -0.2) is 0 Å². The molecule has 2 heteroatoms. The summed E-state index contributed by atoms with van der Waals surface area (Å²) >= 11 is 6.12. The first-order chi connectivity index (χ1) is 8.66. The number of halogens is 1. The minimum atomic E-state index is 0.799. The molecule has 0 unspecified atom stereocenters. The van der Waals surface area contributed by atoms with E-state index in [1.54, 1.807) is 0 Å². The number of hydrogen-bond donors (Lipinski definition) is 1. The molecule has 1 N–H and O–H groups in total. The quantitative estimate of drug-likeness (QED) is 0.866. The summed E-state index contributed by atoms with van der Waals surface area (Å²) in [6.45, 7) is 5.94. The van der Waals surface area contributed by atoms with Gasteiger partial charge in [0.25, 0.3) is 0 Å². The molecule has 0 saturated carbocycles. The van der Waals surface area contributed by atoms with Crippen molar-refractivity contribution in [2.75, 3.05) is 0 Å². The number of benzene rings is 2. The lowest BCUT2D eigenvalue weighted by molar-refractivity contribution is 0.690. The summed E-state index contributed by atoms with van der Waals surface area (Å²) in [7, 11) is 0. The lowest BCUT2D eigenvalue weighted by atomic mass is 10.1. The van der Waals surface area contributed by atoms with Gasteiger partial charge in [0.2, 0.25) is 0 Å². The van der Waals surface area contributed by atoms with Gasteiger partial charge in [-0.3, -0.25) is 0 Å². The highest BCUT2D eigenvalue weighted by Gasteiger charge is 2.00. The summed E-state index contributed by atoms with van der Waals surface area (Å²) < 4.78 is 0. The standard InChI is InChI=1S/C16H18ClN/c1-12-7-8-14(13(2)9-12)10-18-11-15-5-3-4-6-16(15)17/h3-9,18H,10-11H2,1-2H3. The van der Waals surface area contributed by atoms with E-state index in [9.17, 15) is 0 Å². The van der Waals surface area contributed by atoms with E-state index in [1.807, 2.05) is 18.2 Å². The van der Waals surface area contributed by atoms with E-state index in [1.165, 1.54) is 16.7 Å². The van der Waals surface area contributed by atoms with Crippen LogP contribution in [0.3, 0.4) is 0 Å². The molecule has 0 aliphatic heterocycles. The Morgan fingerprint density at radius 3 is 2.39 bits per heavy atom. The Hall–Kier alpha value is -1.31. The van der Waals surface area contributed by atoms with Crippen molar-refractivity contribution in [2.45, 2.75) is 26.9 Å². The second kappa shape index (κ2) is 6.03. The Labute approximate surface area is 114 Å². The van der Waals surface area contributed by atoms with Gasteiger partial charge in [0.15, 0.2) is 0 Å². The Balaban J connectivity index is 1.95. The van der Waals surface area contributed by atoms with Crippen molar-refractivity contribution in [1.29, 1.82) is 0 Å². The highest BCUT2D eigenvalue weighted by Crippen LogP contribution is 2.15. The lowest BCUT2D eigenvalue weighted by Crippen LogP contribution is -2.13. The molecule has 18 heavy (non-hydrogen) atoms. The molecule has 0 radical (unpaired) electrons. The third-order valence-electron chi connectivity index (χ3n) is 3.09. The summed E-state index contributed by atoms with van der Waals surface area (Å²) in [5.74, 6) is 0. The van der Waals surface area contributed by atoms with Crippen LogP contribution in [0.2, 0.25) is 5.02 Å². The zero-order valence-corrected chi connectivity index (χ0v) is 11.6. The Kier molecular flexibility index (Phi) is 4.40. The second-order valence-corrected chi connectivity index (χ2v) is 5.03. The maximum atomic E-state index is 6.12. The second-order valence-electron chi connectivity index (χ2n) is 4.62. The van der Waals surface area contributed by atoms with Gasteiger partial charge in [-0.05, 0) is 36.6 Å². The van der Waals surface area contributed by atoms with E-state index in [2.05, 4.69) is 43.4 Å². The fourth-order valence-electron chi connectivity index (χ4n) is 2.02. The molecule has 0 aliphatic carbocycles. The van der Waals surface area contributed by atoms with Gasteiger partial charge >= 0.3 is 0 Å². The van der Waals surface area contributed by atoms with Crippen LogP contribution < -0.4 is 5.32 Å². The normalized spacial score (nSPS) is 10.6. The van der Waals surface area contributed by atoms with Crippen LogP contribution in [0.1, 0.15) is 22.3 Å². The zero-order chi connectivity index (χ0) is 13.0. The molecular formula is C16H18ClN. The molecule has 2 aromatic carbocycles. The number of nitrogens with one attached hydrogen (secondary N) is 1. The number of hydrogen-bond acceptors (Lipinski definition) is 1. The van der Waals surface area contributed by atoms with Gasteiger partial charge in [0, 0.05) is 18.1 Å². The molecule has 0 aromatic heterocycles. The van der Waals surface area contributed by atoms with E-state index >= 15 is 0 Å². The van der Waals surface area contributed by atoms with E-state index in [-0.39, 0.29) is 0 Å². The first-order valence-electron chi connectivity index (χ1n) is 6.17. The predicted molar refractivity (Wildman–Crippen MR) is 77.9 cm³/mol. The predicted octanol–water partition coefficient (Wildman–Crippen LogP) is 4.25. The maximum Gasteiger partial charge on any atom is 0.0450 e. The van der Waals surface area contributed by atoms with E-state index in [0.29, 0.717) is 0 Å². The third-order valence-corrected chi connectivity index (χ3v) is 3.46. The highest BCUT2D eigenvalue weighted by atomic mass is 35.5. The third kappa shape index (κ3) is 3.34. The summed E-state index contributed by atoms with van der Waals surface area (Å²) in [6, 6.07) is 14.5. The van der Waals surface area contributed by atoms with Crippen LogP contribution >= 0.6 is 11.6 Å². The van der Waals surface area contributed by atoms with Crippen molar-refractivity contribution >= 4 is 11.6 Å². The SMILES string of the molecule is Cc1ccc(CNCc2ccccc2Cl)c(C)c1. The van der Waals surface area contributed by atoms with Gasteiger partial charge in [0.05, 0.1) is 0 Å². The van der Waals surface area contributed by atoms with E-state index < -0.39 is 0 Å². The number of aryl methyl sites for hydroxylation is 2. The fourth-order valence-corrected chi connectivity index (χ4v) is 2.22. The van der Waals surface area contributed by atoms with Crippen molar-refractivity contribution in [2.24, 2.45) is 0 Å². The molecular weight excluding hydrogens is 242 g/mol. The summed E-state index contributed by atoms with van der Waals surface area (Å²) in [4.78, 5) is 0. The summed E-state index contributed by atoms with van der Waals surface area (Å²) in [6.07, 6.45) is 0. The van der Waals surface area contributed by atoms with Crippen molar-refractivity contribution in [3.8, 4) is 0 Å². The largest absolute Gasteiger partial charge is 0.309 e. The summed E-state index contributed by atoms with van der Waals surface area (Å²) in [5.41, 5.74) is 5.13. The molecule has 2 rings (SSSR count). The maximum absolute atomic E-state index is 6.12. The Morgan fingerprint density at radius 1 is 0.944 bits per heavy atom. The van der Waals surface area contributed by atoms with Crippen molar-refractivity contribution < 1.29 is 0 Å². The minimum Gasteiger partial charge on any atom is -0.309 e. The van der Waals surface area contributed by atoms with Crippen LogP contribution in [-0.2, 0) is 13.1 Å². The lowest BCUT2D eigenvalue weighted by Gasteiger charge is -2.09. The molecule has 0 aliphatic rings. The van der Waals surface area contributed by atoms with Gasteiger partial charge in [-0.2, -0.15) is 0 Å². The summed E-state index contributed by atoms with van der Waals surface area (Å²) in [5, 5.41) is 4.26. The molecule has 0 saturated heterocycles. The molecule has 94 valence electrons. The van der Waals surface area contributed by atoms with Gasteiger partial charge < -0.3 is 5.32 Å². The van der Waals surface area contributed by atoms with Gasteiger partial charge in [-0.1, -0.05) is 53.6 Å². The average Bonchev–Trinajstić information content (AvgIpc) is 2.34. The van der Waals surface area contributed by atoms with Gasteiger partial charge in [0.1, 0.15) is 0 Å². The van der Waals surface area contributed by atoms with Crippen LogP contribution in [-0.4, -0.2) is 0 Å². The molecule has 0 amide bonds. The molecule has 1 nitrogen and oxygen atoms in total. The highest BCUT2D eigenvalue weighted by molar-refractivity contribution is 6.31.